The number of halogens is 2. The van der Waals surface area contributed by atoms with Gasteiger partial charge in [0.05, 0.1) is 12.2 Å². The fourth-order valence-electron chi connectivity index (χ4n) is 1.67. The van der Waals surface area contributed by atoms with Gasteiger partial charge in [-0.2, -0.15) is 0 Å². The molecule has 0 saturated heterocycles. The van der Waals surface area contributed by atoms with Gasteiger partial charge in [0.15, 0.2) is 0 Å². The van der Waals surface area contributed by atoms with Crippen LogP contribution in [0, 0.1) is 12.8 Å². The monoisotopic (exact) mass is 240 g/mol. The Balaban J connectivity index is 1.77. The number of nitrogens with zero attached hydrogens (tertiary/aromatic N) is 1. The first-order valence-electron chi connectivity index (χ1n) is 5.53. The maximum Gasteiger partial charge on any atom is 0.252 e. The first-order chi connectivity index (χ1) is 7.97. The highest BCUT2D eigenvalue weighted by Crippen LogP contribution is 2.50. The summed E-state index contributed by atoms with van der Waals surface area (Å²) < 4.78 is 25.2. The Kier molecular flexibility index (Phi) is 3.09. The first kappa shape index (κ1) is 12.0. The molecule has 1 aliphatic carbocycles. The molecule has 0 aliphatic heterocycles. The van der Waals surface area contributed by atoms with Crippen molar-refractivity contribution in [2.75, 3.05) is 0 Å². The van der Waals surface area contributed by atoms with E-state index in [0.29, 0.717) is 6.54 Å². The minimum absolute atomic E-state index is 0.0984. The van der Waals surface area contributed by atoms with E-state index in [4.69, 9.17) is 0 Å². The van der Waals surface area contributed by atoms with Gasteiger partial charge in [0.2, 0.25) is 5.91 Å². The predicted molar refractivity (Wildman–Crippen MR) is 58.5 cm³/mol. The number of aromatic nitrogens is 1. The molecule has 1 N–H and O–H groups in total. The van der Waals surface area contributed by atoms with Gasteiger partial charge < -0.3 is 5.32 Å². The molecular formula is C12H14F2N2O. The second kappa shape index (κ2) is 4.39. The van der Waals surface area contributed by atoms with Gasteiger partial charge in [-0.1, -0.05) is 0 Å². The van der Waals surface area contributed by atoms with E-state index in [-0.39, 0.29) is 18.7 Å². The summed E-state index contributed by atoms with van der Waals surface area (Å²) >= 11 is 0. The molecule has 1 atom stereocenters. The Morgan fingerprint density at radius 1 is 1.65 bits per heavy atom. The molecule has 17 heavy (non-hydrogen) atoms. The van der Waals surface area contributed by atoms with Crippen LogP contribution >= 0.6 is 0 Å². The predicted octanol–water partition coefficient (Wildman–Crippen LogP) is 2.05. The van der Waals surface area contributed by atoms with Crippen LogP contribution in [0.2, 0.25) is 0 Å². The average Bonchev–Trinajstić information content (AvgIpc) is 2.83. The van der Waals surface area contributed by atoms with Crippen LogP contribution in [-0.4, -0.2) is 16.8 Å². The number of rotatable bonds is 4. The van der Waals surface area contributed by atoms with Gasteiger partial charge in [-0.05, 0) is 24.6 Å². The van der Waals surface area contributed by atoms with Crippen molar-refractivity contribution in [3.8, 4) is 0 Å². The number of carbonyl (C=O) groups excluding carboxylic acids is 1. The van der Waals surface area contributed by atoms with Gasteiger partial charge in [0, 0.05) is 25.0 Å². The third-order valence-electron chi connectivity index (χ3n) is 2.83. The normalized spacial score (nSPS) is 21.0. The summed E-state index contributed by atoms with van der Waals surface area (Å²) in [7, 11) is 0. The van der Waals surface area contributed by atoms with Crippen molar-refractivity contribution in [3.63, 3.8) is 0 Å². The Bertz CT molecular complexity index is 434. The zero-order valence-corrected chi connectivity index (χ0v) is 9.54. The van der Waals surface area contributed by atoms with E-state index in [0.717, 1.165) is 11.3 Å². The van der Waals surface area contributed by atoms with Gasteiger partial charge >= 0.3 is 0 Å². The Morgan fingerprint density at radius 3 is 2.94 bits per heavy atom. The molecule has 1 amide bonds. The molecule has 1 fully saturated rings. The van der Waals surface area contributed by atoms with E-state index in [1.54, 1.807) is 6.20 Å². The molecule has 92 valence electrons. The molecule has 0 spiro atoms. The van der Waals surface area contributed by atoms with Gasteiger partial charge in [-0.25, -0.2) is 8.78 Å². The zero-order valence-electron chi connectivity index (χ0n) is 9.54. The summed E-state index contributed by atoms with van der Waals surface area (Å²) in [5.41, 5.74) is 1.79. The van der Waals surface area contributed by atoms with Crippen LogP contribution in [0.4, 0.5) is 8.78 Å². The molecule has 1 heterocycles. The van der Waals surface area contributed by atoms with Crippen LogP contribution < -0.4 is 5.32 Å². The number of carbonyl (C=O) groups is 1. The summed E-state index contributed by atoms with van der Waals surface area (Å²) in [6.07, 6.45) is 1.40. The van der Waals surface area contributed by atoms with Crippen molar-refractivity contribution in [2.45, 2.75) is 32.2 Å². The number of hydrogen-bond donors (Lipinski definition) is 1. The molecule has 1 unspecified atom stereocenters. The highest BCUT2D eigenvalue weighted by molar-refractivity contribution is 5.76. The fourth-order valence-corrected chi connectivity index (χ4v) is 1.67. The van der Waals surface area contributed by atoms with Crippen molar-refractivity contribution in [1.29, 1.82) is 0 Å². The Labute approximate surface area is 98.2 Å². The van der Waals surface area contributed by atoms with Crippen LogP contribution in [-0.2, 0) is 11.3 Å². The third kappa shape index (κ3) is 3.22. The molecule has 3 nitrogen and oxygen atoms in total. The lowest BCUT2D eigenvalue weighted by atomic mass is 10.2. The molecule has 2 rings (SSSR count). The van der Waals surface area contributed by atoms with Crippen molar-refractivity contribution < 1.29 is 13.6 Å². The highest BCUT2D eigenvalue weighted by atomic mass is 19.3. The molecule has 1 saturated carbocycles. The van der Waals surface area contributed by atoms with Crippen LogP contribution in [0.5, 0.6) is 0 Å². The summed E-state index contributed by atoms with van der Waals surface area (Å²) in [5.74, 6) is -3.73. The van der Waals surface area contributed by atoms with E-state index in [1.165, 1.54) is 0 Å². The second-order valence-corrected chi connectivity index (χ2v) is 4.47. The molecular weight excluding hydrogens is 226 g/mol. The smallest absolute Gasteiger partial charge is 0.252 e. The van der Waals surface area contributed by atoms with Crippen molar-refractivity contribution >= 4 is 5.91 Å². The maximum atomic E-state index is 12.6. The van der Waals surface area contributed by atoms with E-state index in [2.05, 4.69) is 10.3 Å². The number of aryl methyl sites for hydroxylation is 1. The Hall–Kier alpha value is -1.52. The lowest BCUT2D eigenvalue weighted by molar-refractivity contribution is -0.122. The van der Waals surface area contributed by atoms with E-state index in [1.807, 2.05) is 19.1 Å². The Morgan fingerprint density at radius 2 is 2.35 bits per heavy atom. The molecule has 0 aromatic carbocycles. The molecule has 0 radical (unpaired) electrons. The third-order valence-corrected chi connectivity index (χ3v) is 2.83. The fraction of sp³-hybridized carbons (Fsp3) is 0.500. The number of amides is 1. The first-order valence-corrected chi connectivity index (χ1v) is 5.53. The maximum absolute atomic E-state index is 12.6. The average molecular weight is 240 g/mol. The van der Waals surface area contributed by atoms with Crippen molar-refractivity contribution in [1.82, 2.24) is 10.3 Å². The van der Waals surface area contributed by atoms with Crippen LogP contribution in [0.3, 0.4) is 0 Å². The minimum atomic E-state index is -2.63. The minimum Gasteiger partial charge on any atom is -0.350 e. The van der Waals surface area contributed by atoms with Crippen LogP contribution in [0.25, 0.3) is 0 Å². The second-order valence-electron chi connectivity index (χ2n) is 4.47. The van der Waals surface area contributed by atoms with E-state index >= 15 is 0 Å². The molecule has 1 aliphatic rings. The van der Waals surface area contributed by atoms with Gasteiger partial charge in [0.25, 0.3) is 5.92 Å². The lowest BCUT2D eigenvalue weighted by Crippen LogP contribution is -2.24. The molecule has 1 aromatic rings. The summed E-state index contributed by atoms with van der Waals surface area (Å²) in [4.78, 5) is 15.4. The molecule has 5 heteroatoms. The van der Waals surface area contributed by atoms with Gasteiger partial charge in [-0.15, -0.1) is 0 Å². The van der Waals surface area contributed by atoms with Crippen LogP contribution in [0.15, 0.2) is 18.3 Å². The topological polar surface area (TPSA) is 42.0 Å². The number of pyridine rings is 1. The number of alkyl halides is 2. The van der Waals surface area contributed by atoms with E-state index in [9.17, 15) is 13.6 Å². The zero-order chi connectivity index (χ0) is 12.5. The highest BCUT2D eigenvalue weighted by Gasteiger charge is 2.57. The number of nitrogens with one attached hydrogen (secondary N) is 1. The van der Waals surface area contributed by atoms with Crippen molar-refractivity contribution in [2.24, 2.45) is 5.92 Å². The molecule has 0 bridgehead atoms. The lowest BCUT2D eigenvalue weighted by Gasteiger charge is -2.04. The quantitative estimate of drug-likeness (QED) is 0.875. The van der Waals surface area contributed by atoms with Gasteiger partial charge in [0.1, 0.15) is 0 Å². The SMILES string of the molecule is Cc1ccnc(CNC(=O)CC2CC2(F)F)c1. The van der Waals surface area contributed by atoms with E-state index < -0.39 is 11.8 Å². The van der Waals surface area contributed by atoms with Crippen LogP contribution in [0.1, 0.15) is 24.1 Å². The summed E-state index contributed by atoms with van der Waals surface area (Å²) in [5, 5.41) is 2.60. The standard InChI is InChI=1S/C12H14F2N2O/c1-8-2-3-15-10(4-8)7-16-11(17)5-9-6-12(9,13)14/h2-4,9H,5-7H2,1H3,(H,16,17). The van der Waals surface area contributed by atoms with Crippen molar-refractivity contribution in [3.05, 3.63) is 29.6 Å². The van der Waals surface area contributed by atoms with Gasteiger partial charge in [-0.3, -0.25) is 9.78 Å². The molecule has 1 aromatic heterocycles. The number of hydrogen-bond acceptors (Lipinski definition) is 2. The largest absolute Gasteiger partial charge is 0.350 e. The summed E-state index contributed by atoms with van der Waals surface area (Å²) in [6, 6.07) is 3.71. The summed E-state index contributed by atoms with van der Waals surface area (Å²) in [6.45, 7) is 2.22.